The van der Waals surface area contributed by atoms with E-state index in [4.69, 9.17) is 4.74 Å². The number of benzene rings is 2. The summed E-state index contributed by atoms with van der Waals surface area (Å²) < 4.78 is 5.10. The van der Waals surface area contributed by atoms with Gasteiger partial charge in [0.25, 0.3) is 0 Å². The van der Waals surface area contributed by atoms with Gasteiger partial charge >= 0.3 is 0 Å². The Morgan fingerprint density at radius 3 is 2.62 bits per heavy atom. The number of aliphatic hydroxyl groups excluding tert-OH is 1. The number of aliphatic hydroxyl groups is 1. The Morgan fingerprint density at radius 2 is 1.86 bits per heavy atom. The molecule has 1 heterocycles. The Labute approximate surface area is 122 Å². The third-order valence-electron chi connectivity index (χ3n) is 3.76. The number of hydrogen-bond acceptors (Lipinski definition) is 3. The minimum Gasteiger partial charge on any atom is -0.504 e. The molecular weight excluding hydrogens is 266 g/mol. The molecule has 108 valence electrons. The van der Waals surface area contributed by atoms with Crippen LogP contribution in [-0.2, 0) is 0 Å². The molecule has 2 aromatic carbocycles. The number of aryl methyl sites for hydroxylation is 1. The van der Waals surface area contributed by atoms with Crippen molar-refractivity contribution < 1.29 is 14.9 Å². The zero-order valence-corrected chi connectivity index (χ0v) is 11.9. The molecular formula is C17H17NO3. The van der Waals surface area contributed by atoms with Crippen molar-refractivity contribution in [2.75, 3.05) is 7.11 Å². The summed E-state index contributed by atoms with van der Waals surface area (Å²) in [6.07, 6.45) is -0.920. The van der Waals surface area contributed by atoms with E-state index in [2.05, 4.69) is 4.98 Å². The smallest absolute Gasteiger partial charge is 0.163 e. The van der Waals surface area contributed by atoms with E-state index < -0.39 is 6.10 Å². The molecule has 0 aliphatic rings. The van der Waals surface area contributed by atoms with Gasteiger partial charge in [0.1, 0.15) is 6.10 Å². The first-order chi connectivity index (χ1) is 10.1. The van der Waals surface area contributed by atoms with Crippen molar-refractivity contribution in [3.05, 3.63) is 59.3 Å². The molecule has 1 atom stereocenters. The molecule has 3 N–H and O–H groups in total. The van der Waals surface area contributed by atoms with Crippen LogP contribution >= 0.6 is 0 Å². The van der Waals surface area contributed by atoms with Crippen LogP contribution in [0.25, 0.3) is 10.9 Å². The summed E-state index contributed by atoms with van der Waals surface area (Å²) in [7, 11) is 1.49. The molecule has 0 radical (unpaired) electrons. The van der Waals surface area contributed by atoms with Gasteiger partial charge in [-0.15, -0.1) is 0 Å². The van der Waals surface area contributed by atoms with E-state index in [1.165, 1.54) is 7.11 Å². The lowest BCUT2D eigenvalue weighted by atomic mass is 9.98. The van der Waals surface area contributed by atoms with Crippen LogP contribution in [0.2, 0.25) is 0 Å². The minimum absolute atomic E-state index is 0.0304. The van der Waals surface area contributed by atoms with E-state index >= 15 is 0 Å². The third-order valence-corrected chi connectivity index (χ3v) is 3.76. The monoisotopic (exact) mass is 283 g/mol. The van der Waals surface area contributed by atoms with Gasteiger partial charge in [0, 0.05) is 27.7 Å². The molecule has 0 fully saturated rings. The first-order valence-electron chi connectivity index (χ1n) is 6.74. The molecule has 0 aliphatic heterocycles. The Hall–Kier alpha value is -2.46. The summed E-state index contributed by atoms with van der Waals surface area (Å²) in [4.78, 5) is 3.25. The highest BCUT2D eigenvalue weighted by molar-refractivity contribution is 5.85. The van der Waals surface area contributed by atoms with Gasteiger partial charge in [0.05, 0.1) is 7.11 Å². The summed E-state index contributed by atoms with van der Waals surface area (Å²) in [5.41, 5.74) is 3.05. The van der Waals surface area contributed by atoms with Gasteiger partial charge < -0.3 is 19.9 Å². The molecule has 4 nitrogen and oxygen atoms in total. The van der Waals surface area contributed by atoms with E-state index in [-0.39, 0.29) is 5.75 Å². The highest BCUT2D eigenvalue weighted by atomic mass is 16.5. The summed E-state index contributed by atoms with van der Waals surface area (Å²) in [5.74, 6) is 0.321. The molecule has 1 unspecified atom stereocenters. The molecule has 0 spiro atoms. The number of hydrogen-bond donors (Lipinski definition) is 3. The Morgan fingerprint density at radius 1 is 1.10 bits per heavy atom. The number of rotatable bonds is 3. The Bertz CT molecular complexity index is 792. The molecule has 0 saturated carbocycles. The van der Waals surface area contributed by atoms with Crippen LogP contribution in [0, 0.1) is 6.92 Å². The number of phenols is 1. The maximum atomic E-state index is 10.7. The third kappa shape index (κ3) is 2.14. The second-order valence-corrected chi connectivity index (χ2v) is 5.01. The van der Waals surface area contributed by atoms with E-state index in [1.807, 2.05) is 31.2 Å². The van der Waals surface area contributed by atoms with Crippen molar-refractivity contribution in [3.8, 4) is 11.5 Å². The number of aromatic amines is 1. The fourth-order valence-corrected chi connectivity index (χ4v) is 2.73. The molecule has 1 aromatic heterocycles. The van der Waals surface area contributed by atoms with Crippen LogP contribution in [0.5, 0.6) is 11.5 Å². The highest BCUT2D eigenvalue weighted by Gasteiger charge is 2.22. The first-order valence-corrected chi connectivity index (χ1v) is 6.74. The molecule has 0 aliphatic carbocycles. The van der Waals surface area contributed by atoms with Crippen LogP contribution < -0.4 is 4.74 Å². The number of H-pyrrole nitrogens is 1. The number of para-hydroxylation sites is 2. The van der Waals surface area contributed by atoms with Crippen LogP contribution in [0.3, 0.4) is 0 Å². The molecule has 0 amide bonds. The second-order valence-electron chi connectivity index (χ2n) is 5.01. The molecule has 0 bridgehead atoms. The van der Waals surface area contributed by atoms with Gasteiger partial charge in [-0.2, -0.15) is 0 Å². The quantitative estimate of drug-likeness (QED) is 0.691. The lowest BCUT2D eigenvalue weighted by molar-refractivity contribution is 0.215. The molecule has 0 saturated heterocycles. The fraction of sp³-hybridized carbons (Fsp3) is 0.176. The number of fused-ring (bicyclic) bond motifs is 1. The molecule has 4 heteroatoms. The number of aromatic hydroxyl groups is 1. The summed E-state index contributed by atoms with van der Waals surface area (Å²) in [5, 5.41) is 21.9. The second kappa shape index (κ2) is 5.14. The molecule has 3 rings (SSSR count). The standard InChI is InChI=1S/C17H17NO3/c1-10-15(11-6-3-4-8-13(11)18-10)17(20)12-7-5-9-14(21-2)16(12)19/h3-9,17-20H,1-2H3. The van der Waals surface area contributed by atoms with E-state index in [0.717, 1.165) is 22.2 Å². The minimum atomic E-state index is -0.920. The zero-order chi connectivity index (χ0) is 15.0. The van der Waals surface area contributed by atoms with Crippen LogP contribution in [0.15, 0.2) is 42.5 Å². The zero-order valence-electron chi connectivity index (χ0n) is 11.9. The maximum Gasteiger partial charge on any atom is 0.163 e. The molecule has 21 heavy (non-hydrogen) atoms. The number of ether oxygens (including phenoxy) is 1. The van der Waals surface area contributed by atoms with E-state index in [1.54, 1.807) is 18.2 Å². The van der Waals surface area contributed by atoms with Gasteiger partial charge in [0.15, 0.2) is 11.5 Å². The maximum absolute atomic E-state index is 10.7. The van der Waals surface area contributed by atoms with Crippen LogP contribution in [-0.4, -0.2) is 22.3 Å². The van der Waals surface area contributed by atoms with Crippen LogP contribution in [0.4, 0.5) is 0 Å². The van der Waals surface area contributed by atoms with E-state index in [0.29, 0.717) is 11.3 Å². The van der Waals surface area contributed by atoms with Crippen molar-refractivity contribution in [1.82, 2.24) is 4.98 Å². The average molecular weight is 283 g/mol. The van der Waals surface area contributed by atoms with Gasteiger partial charge in [0.2, 0.25) is 0 Å². The topological polar surface area (TPSA) is 65.5 Å². The predicted octanol–water partition coefficient (Wildman–Crippen LogP) is 3.27. The summed E-state index contributed by atoms with van der Waals surface area (Å²) in [6.45, 7) is 1.91. The number of aromatic nitrogens is 1. The normalized spacial score (nSPS) is 12.5. The van der Waals surface area contributed by atoms with E-state index in [9.17, 15) is 10.2 Å². The SMILES string of the molecule is COc1cccc(C(O)c2c(C)[nH]c3ccccc23)c1O. The summed E-state index contributed by atoms with van der Waals surface area (Å²) >= 11 is 0. The first kappa shape index (κ1) is 13.5. The fourth-order valence-electron chi connectivity index (χ4n) is 2.73. The highest BCUT2D eigenvalue weighted by Crippen LogP contribution is 2.39. The van der Waals surface area contributed by atoms with Gasteiger partial charge in [-0.05, 0) is 19.1 Å². The van der Waals surface area contributed by atoms with Crippen molar-refractivity contribution in [1.29, 1.82) is 0 Å². The van der Waals surface area contributed by atoms with Crippen molar-refractivity contribution in [2.45, 2.75) is 13.0 Å². The lowest BCUT2D eigenvalue weighted by Gasteiger charge is -2.15. The largest absolute Gasteiger partial charge is 0.504 e. The number of nitrogens with one attached hydrogen (secondary N) is 1. The predicted molar refractivity (Wildman–Crippen MR) is 81.8 cm³/mol. The van der Waals surface area contributed by atoms with Crippen molar-refractivity contribution in [2.24, 2.45) is 0 Å². The Balaban J connectivity index is 2.17. The van der Waals surface area contributed by atoms with Crippen LogP contribution in [0.1, 0.15) is 22.9 Å². The van der Waals surface area contributed by atoms with Crippen molar-refractivity contribution in [3.63, 3.8) is 0 Å². The van der Waals surface area contributed by atoms with Gasteiger partial charge in [-0.3, -0.25) is 0 Å². The number of methoxy groups -OCH3 is 1. The van der Waals surface area contributed by atoms with Gasteiger partial charge in [-0.25, -0.2) is 0 Å². The summed E-state index contributed by atoms with van der Waals surface area (Å²) in [6, 6.07) is 12.9. The number of phenolic OH excluding ortho intramolecular Hbond substituents is 1. The average Bonchev–Trinajstić information content (AvgIpc) is 2.82. The van der Waals surface area contributed by atoms with Gasteiger partial charge in [-0.1, -0.05) is 30.3 Å². The van der Waals surface area contributed by atoms with Crippen molar-refractivity contribution >= 4 is 10.9 Å². The lowest BCUT2D eigenvalue weighted by Crippen LogP contribution is -2.02. The Kier molecular flexibility index (Phi) is 3.31. The molecule has 3 aromatic rings.